The summed E-state index contributed by atoms with van der Waals surface area (Å²) >= 11 is 0. The molecule has 0 spiro atoms. The molecule has 3 fully saturated rings. The first-order valence-corrected chi connectivity index (χ1v) is 13.2. The normalized spacial score (nSPS) is 21.9. The van der Waals surface area contributed by atoms with Crippen LogP contribution in [0, 0.1) is 5.92 Å². The molecule has 10 nitrogen and oxygen atoms in total. The number of amides is 4. The van der Waals surface area contributed by atoms with Gasteiger partial charge in [-0.25, -0.2) is 9.69 Å². The van der Waals surface area contributed by atoms with E-state index in [-0.39, 0.29) is 17.8 Å². The Balaban J connectivity index is 1.44. The van der Waals surface area contributed by atoms with Crippen LogP contribution in [0.4, 0.5) is 10.5 Å². The molecule has 2 aliphatic heterocycles. The molecule has 4 amide bonds. The number of guanidine groups is 1. The molecule has 3 aliphatic rings. The molecule has 196 valence electrons. The smallest absolute Gasteiger partial charge is 0.325 e. The topological polar surface area (TPSA) is 137 Å². The van der Waals surface area contributed by atoms with E-state index < -0.39 is 18.1 Å². The lowest BCUT2D eigenvalue weighted by atomic mass is 9.84. The standard InChI is InChI=1S/C26H39N7O3/c27-25(28)29-13-7-12-21-23(34)33(26(36)30-21)22(18-19-8-3-1-4-9-19)24(35)32-16-14-31(15-17-32)20-10-5-2-6-11-20/h2,5-6,10-11,19,21-22H,1,3-4,7-9,12-18H2,(H,30,36)(H4,27,28,29)/t21-,22-/m1/s1. The fraction of sp³-hybridized carbons (Fsp3) is 0.615. The van der Waals surface area contributed by atoms with E-state index >= 15 is 0 Å². The van der Waals surface area contributed by atoms with Crippen molar-refractivity contribution in [1.82, 2.24) is 15.1 Å². The van der Waals surface area contributed by atoms with Crippen molar-refractivity contribution in [3.8, 4) is 0 Å². The highest BCUT2D eigenvalue weighted by Crippen LogP contribution is 2.31. The molecule has 0 unspecified atom stereocenters. The zero-order valence-corrected chi connectivity index (χ0v) is 21.0. The van der Waals surface area contributed by atoms with Crippen LogP contribution < -0.4 is 21.7 Å². The molecule has 2 heterocycles. The Hall–Kier alpha value is -3.30. The average Bonchev–Trinajstić information content (AvgIpc) is 3.18. The molecule has 2 saturated heterocycles. The van der Waals surface area contributed by atoms with Crippen molar-refractivity contribution in [3.05, 3.63) is 30.3 Å². The number of carbonyl (C=O) groups excluding carboxylic acids is 3. The van der Waals surface area contributed by atoms with Gasteiger partial charge in [0.1, 0.15) is 12.1 Å². The zero-order valence-electron chi connectivity index (χ0n) is 21.0. The summed E-state index contributed by atoms with van der Waals surface area (Å²) in [5, 5.41) is 2.79. The summed E-state index contributed by atoms with van der Waals surface area (Å²) in [6, 6.07) is 8.29. The van der Waals surface area contributed by atoms with Crippen molar-refractivity contribution in [1.29, 1.82) is 0 Å². The van der Waals surface area contributed by atoms with E-state index in [1.807, 2.05) is 23.1 Å². The van der Waals surface area contributed by atoms with E-state index in [1.54, 1.807) is 0 Å². The number of urea groups is 1. The maximum Gasteiger partial charge on any atom is 0.325 e. The van der Waals surface area contributed by atoms with E-state index in [0.29, 0.717) is 44.8 Å². The molecule has 1 aromatic rings. The monoisotopic (exact) mass is 497 g/mol. The van der Waals surface area contributed by atoms with E-state index in [4.69, 9.17) is 11.5 Å². The van der Waals surface area contributed by atoms with Gasteiger partial charge in [0.2, 0.25) is 5.91 Å². The van der Waals surface area contributed by atoms with E-state index in [2.05, 4.69) is 27.3 Å². The van der Waals surface area contributed by atoms with Crippen molar-refractivity contribution in [2.75, 3.05) is 37.6 Å². The van der Waals surface area contributed by atoms with Gasteiger partial charge >= 0.3 is 6.03 Å². The van der Waals surface area contributed by atoms with Crippen LogP contribution in [0.3, 0.4) is 0 Å². The first-order chi connectivity index (χ1) is 17.4. The van der Waals surface area contributed by atoms with E-state index in [1.165, 1.54) is 11.3 Å². The van der Waals surface area contributed by atoms with Gasteiger partial charge in [-0.3, -0.25) is 14.6 Å². The highest BCUT2D eigenvalue weighted by atomic mass is 16.2. The van der Waals surface area contributed by atoms with Gasteiger partial charge in [-0.1, -0.05) is 50.3 Å². The SMILES string of the molecule is NC(N)=NCCC[C@H]1NC(=O)N([C@H](CC2CCCCC2)C(=O)N2CCN(c3ccccc3)CC2)C1=O. The molecular formula is C26H39N7O3. The fourth-order valence-electron chi connectivity index (χ4n) is 5.63. The summed E-state index contributed by atoms with van der Waals surface area (Å²) in [6.07, 6.45) is 7.08. The van der Waals surface area contributed by atoms with Gasteiger partial charge in [-0.05, 0) is 37.3 Å². The number of nitrogens with one attached hydrogen (secondary N) is 1. The fourth-order valence-corrected chi connectivity index (χ4v) is 5.63. The number of nitrogens with two attached hydrogens (primary N) is 2. The molecule has 5 N–H and O–H groups in total. The number of hydrogen-bond donors (Lipinski definition) is 3. The molecule has 2 atom stereocenters. The number of nitrogens with zero attached hydrogens (tertiary/aromatic N) is 4. The van der Waals surface area contributed by atoms with Crippen LogP contribution in [-0.2, 0) is 9.59 Å². The van der Waals surface area contributed by atoms with Crippen LogP contribution in [0.25, 0.3) is 0 Å². The Bertz CT molecular complexity index is 936. The quantitative estimate of drug-likeness (QED) is 0.205. The Morgan fingerprint density at radius 1 is 1.03 bits per heavy atom. The zero-order chi connectivity index (χ0) is 25.5. The van der Waals surface area contributed by atoms with Crippen molar-refractivity contribution < 1.29 is 14.4 Å². The lowest BCUT2D eigenvalue weighted by Gasteiger charge is -2.39. The maximum absolute atomic E-state index is 13.8. The first kappa shape index (κ1) is 25.8. The van der Waals surface area contributed by atoms with Gasteiger partial charge in [0.05, 0.1) is 0 Å². The number of benzene rings is 1. The third-order valence-corrected chi connectivity index (χ3v) is 7.59. The second-order valence-corrected chi connectivity index (χ2v) is 10.1. The number of para-hydroxylation sites is 1. The van der Waals surface area contributed by atoms with Crippen molar-refractivity contribution >= 4 is 29.5 Å². The first-order valence-electron chi connectivity index (χ1n) is 13.2. The summed E-state index contributed by atoms with van der Waals surface area (Å²) < 4.78 is 0. The van der Waals surface area contributed by atoms with Crippen LogP contribution >= 0.6 is 0 Å². The van der Waals surface area contributed by atoms with Gasteiger partial charge in [0.15, 0.2) is 5.96 Å². The Labute approximate surface area is 213 Å². The molecule has 0 radical (unpaired) electrons. The minimum atomic E-state index is -0.758. The number of imide groups is 1. The minimum Gasteiger partial charge on any atom is -0.370 e. The van der Waals surface area contributed by atoms with E-state index in [0.717, 1.165) is 44.5 Å². The van der Waals surface area contributed by atoms with Crippen LogP contribution in [0.15, 0.2) is 35.3 Å². The Morgan fingerprint density at radius 2 is 1.72 bits per heavy atom. The lowest BCUT2D eigenvalue weighted by molar-refractivity contribution is -0.143. The molecule has 1 aromatic carbocycles. The van der Waals surface area contributed by atoms with Gasteiger partial charge in [-0.15, -0.1) is 0 Å². The summed E-state index contributed by atoms with van der Waals surface area (Å²) in [6.45, 7) is 2.97. The summed E-state index contributed by atoms with van der Waals surface area (Å²) in [4.78, 5) is 49.4. The summed E-state index contributed by atoms with van der Waals surface area (Å²) in [5.74, 6) is -0.0801. The highest BCUT2D eigenvalue weighted by Gasteiger charge is 2.46. The Morgan fingerprint density at radius 3 is 2.39 bits per heavy atom. The second kappa shape index (κ2) is 12.1. The van der Waals surface area contributed by atoms with Crippen LogP contribution in [0.1, 0.15) is 51.4 Å². The molecule has 10 heteroatoms. The number of anilines is 1. The van der Waals surface area contributed by atoms with Crippen molar-refractivity contribution in [3.63, 3.8) is 0 Å². The molecule has 1 saturated carbocycles. The predicted molar refractivity (Wildman–Crippen MR) is 139 cm³/mol. The maximum atomic E-state index is 13.8. The summed E-state index contributed by atoms with van der Waals surface area (Å²) in [5.41, 5.74) is 11.9. The number of piperazine rings is 1. The molecule has 0 bridgehead atoms. The van der Waals surface area contributed by atoms with Gasteiger partial charge in [-0.2, -0.15) is 0 Å². The van der Waals surface area contributed by atoms with Gasteiger partial charge < -0.3 is 26.6 Å². The molecular weight excluding hydrogens is 458 g/mol. The number of carbonyl (C=O) groups is 3. The van der Waals surface area contributed by atoms with Gasteiger partial charge in [0.25, 0.3) is 5.91 Å². The predicted octanol–water partition coefficient (Wildman–Crippen LogP) is 1.65. The van der Waals surface area contributed by atoms with Crippen molar-refractivity contribution in [2.45, 2.75) is 63.5 Å². The van der Waals surface area contributed by atoms with Gasteiger partial charge in [0, 0.05) is 38.4 Å². The van der Waals surface area contributed by atoms with Crippen LogP contribution in [0.5, 0.6) is 0 Å². The molecule has 4 rings (SSSR count). The third-order valence-electron chi connectivity index (χ3n) is 7.59. The molecule has 0 aromatic heterocycles. The lowest BCUT2D eigenvalue weighted by Crippen LogP contribution is -2.56. The minimum absolute atomic E-state index is 0.00362. The third kappa shape index (κ3) is 6.27. The number of hydrogen-bond acceptors (Lipinski definition) is 5. The van der Waals surface area contributed by atoms with E-state index in [9.17, 15) is 14.4 Å². The molecule has 1 aliphatic carbocycles. The van der Waals surface area contributed by atoms with Crippen LogP contribution in [0.2, 0.25) is 0 Å². The molecule has 36 heavy (non-hydrogen) atoms. The van der Waals surface area contributed by atoms with Crippen molar-refractivity contribution in [2.24, 2.45) is 22.4 Å². The number of rotatable bonds is 9. The second-order valence-electron chi connectivity index (χ2n) is 10.1. The largest absolute Gasteiger partial charge is 0.370 e. The highest BCUT2D eigenvalue weighted by molar-refractivity contribution is 6.07. The number of aliphatic imine (C=N–C) groups is 1. The van der Waals surface area contributed by atoms with Crippen LogP contribution in [-0.4, -0.2) is 78.4 Å². The average molecular weight is 498 g/mol. The summed E-state index contributed by atoms with van der Waals surface area (Å²) in [7, 11) is 0. The Kier molecular flexibility index (Phi) is 8.66.